The van der Waals surface area contributed by atoms with Crippen molar-refractivity contribution >= 4 is 5.97 Å². The Morgan fingerprint density at radius 1 is 0.741 bits per heavy atom. The van der Waals surface area contributed by atoms with Gasteiger partial charge in [0.15, 0.2) is 12.6 Å². The number of carbonyl (C=O) groups is 1. The SMILES string of the molecule is CC(=O)O[C@@H]1C[C@](C)([C@H]2CC[C@]3(C)[C@H]2[C@H](O)C[C@H]2[C@@]4(C)CC[C@@H](O[C@H]5O[C@H](CO)[C@@H](O)[C@@H](O)[C@@H]5O[C@H]5OC[C@H](O)[C@@H](O)[C@H]5O)C(C)(C)[C@@H]4CC[C@@]23C)OC(C)(C)[C@H]1O. The van der Waals surface area contributed by atoms with Crippen LogP contribution < -0.4 is 0 Å². The Labute approximate surface area is 342 Å². The van der Waals surface area contributed by atoms with E-state index in [9.17, 15) is 45.6 Å². The van der Waals surface area contributed by atoms with Crippen LogP contribution in [-0.2, 0) is 33.2 Å². The highest BCUT2D eigenvalue weighted by molar-refractivity contribution is 5.66. The number of rotatable bonds is 7. The first-order valence-corrected chi connectivity index (χ1v) is 21.7. The molecule has 334 valence electrons. The van der Waals surface area contributed by atoms with Gasteiger partial charge in [-0.3, -0.25) is 4.79 Å². The molecular weight excluding hydrogens is 756 g/mol. The molecule has 8 N–H and O–H groups in total. The molecule has 0 aromatic heterocycles. The molecule has 15 nitrogen and oxygen atoms in total. The van der Waals surface area contributed by atoms with E-state index >= 15 is 0 Å². The molecule has 3 saturated heterocycles. The van der Waals surface area contributed by atoms with Gasteiger partial charge in [-0.25, -0.2) is 0 Å². The van der Waals surface area contributed by atoms with Crippen LogP contribution in [0, 0.1) is 45.3 Å². The van der Waals surface area contributed by atoms with Gasteiger partial charge in [0, 0.05) is 13.3 Å². The lowest BCUT2D eigenvalue weighted by Crippen LogP contribution is -2.68. The largest absolute Gasteiger partial charge is 0.460 e. The maximum absolute atomic E-state index is 12.5. The van der Waals surface area contributed by atoms with Crippen LogP contribution in [0.3, 0.4) is 0 Å². The second kappa shape index (κ2) is 15.3. The summed E-state index contributed by atoms with van der Waals surface area (Å²) in [5.74, 6) is -0.168. The van der Waals surface area contributed by atoms with Gasteiger partial charge in [0.05, 0.1) is 36.6 Å². The van der Waals surface area contributed by atoms with Crippen molar-refractivity contribution in [1.29, 1.82) is 0 Å². The predicted octanol–water partition coefficient (Wildman–Crippen LogP) is 1.54. The van der Waals surface area contributed by atoms with Gasteiger partial charge in [-0.15, -0.1) is 0 Å². The third-order valence-electron chi connectivity index (χ3n) is 17.5. The number of esters is 1. The fourth-order valence-corrected chi connectivity index (χ4v) is 14.4. The number of hydrogen-bond donors (Lipinski definition) is 8. The van der Waals surface area contributed by atoms with Gasteiger partial charge in [-0.05, 0) is 111 Å². The summed E-state index contributed by atoms with van der Waals surface area (Å²) in [6.45, 7) is 17.8. The number of aliphatic hydroxyl groups is 8. The molecule has 0 unspecified atom stereocenters. The van der Waals surface area contributed by atoms with Crippen LogP contribution in [0.4, 0.5) is 0 Å². The van der Waals surface area contributed by atoms with Crippen LogP contribution in [0.25, 0.3) is 0 Å². The Hall–Kier alpha value is -1.05. The number of hydrogen-bond acceptors (Lipinski definition) is 15. The lowest BCUT2D eigenvalue weighted by atomic mass is 9.35. The van der Waals surface area contributed by atoms with Crippen LogP contribution in [-0.4, -0.2) is 151 Å². The average molecular weight is 829 g/mol. The quantitative estimate of drug-likeness (QED) is 0.134. The zero-order valence-electron chi connectivity index (χ0n) is 35.8. The molecular formula is C43H72O15. The van der Waals surface area contributed by atoms with Crippen molar-refractivity contribution < 1.29 is 74.1 Å². The maximum atomic E-state index is 12.5. The Bertz CT molecular complexity index is 1510. The zero-order chi connectivity index (χ0) is 42.7. The third kappa shape index (κ3) is 6.93. The Balaban J connectivity index is 1.12. The van der Waals surface area contributed by atoms with Crippen molar-refractivity contribution in [1.82, 2.24) is 0 Å². The van der Waals surface area contributed by atoms with Crippen molar-refractivity contribution in [3.8, 4) is 0 Å². The van der Waals surface area contributed by atoms with Gasteiger partial charge in [-0.1, -0.05) is 34.6 Å². The summed E-state index contributed by atoms with van der Waals surface area (Å²) in [6, 6.07) is 0. The van der Waals surface area contributed by atoms with E-state index in [-0.39, 0.29) is 46.5 Å². The van der Waals surface area contributed by atoms with Gasteiger partial charge in [0.1, 0.15) is 54.9 Å². The second-order valence-electron chi connectivity index (χ2n) is 21.3. The van der Waals surface area contributed by atoms with E-state index in [1.165, 1.54) is 6.92 Å². The fourth-order valence-electron chi connectivity index (χ4n) is 14.4. The topological polar surface area (TPSA) is 234 Å². The monoisotopic (exact) mass is 828 g/mol. The summed E-state index contributed by atoms with van der Waals surface area (Å²) in [7, 11) is 0. The first-order valence-electron chi connectivity index (χ1n) is 21.7. The van der Waals surface area contributed by atoms with Crippen LogP contribution in [0.2, 0.25) is 0 Å². The van der Waals surface area contributed by atoms with Crippen LogP contribution >= 0.6 is 0 Å². The molecule has 7 fully saturated rings. The standard InChI is InChI=1S/C43H72O15/c1-20(45)54-24-17-43(9,58-39(4,5)35(24)52)21-10-14-42(8)29(21)22(46)16-27-40(6)13-12-28(38(2,3)26(40)11-15-41(27,42)7)56-37-34(32(50)31(49)25(18-44)55-37)57-36-33(51)30(48)23(47)19-53-36/h21-37,44,46-52H,10-19H2,1-9H3/t21-,22+,23-,24+,25+,26-,27-,28+,29+,30+,31+,32+,33+,34-,35-,36+,37+,40-,41-,42+,43+/m0/s1. The maximum Gasteiger partial charge on any atom is 0.302 e. The first kappa shape index (κ1) is 45.0. The van der Waals surface area contributed by atoms with E-state index in [1.54, 1.807) is 0 Å². The van der Waals surface area contributed by atoms with Crippen molar-refractivity contribution in [2.45, 2.75) is 205 Å². The Morgan fingerprint density at radius 3 is 2.07 bits per heavy atom. The predicted molar refractivity (Wildman–Crippen MR) is 205 cm³/mol. The smallest absolute Gasteiger partial charge is 0.302 e. The lowest BCUT2D eigenvalue weighted by molar-refractivity contribution is -0.370. The molecule has 0 bridgehead atoms. The van der Waals surface area contributed by atoms with Crippen molar-refractivity contribution in [2.24, 2.45) is 45.3 Å². The summed E-state index contributed by atoms with van der Waals surface area (Å²) in [5, 5.41) is 86.6. The van der Waals surface area contributed by atoms with Crippen LogP contribution in [0.1, 0.15) is 114 Å². The number of carbonyl (C=O) groups excluding carboxylic acids is 1. The molecule has 4 aliphatic carbocycles. The van der Waals surface area contributed by atoms with Gasteiger partial charge < -0.3 is 69.3 Å². The highest BCUT2D eigenvalue weighted by Gasteiger charge is 2.72. The van der Waals surface area contributed by atoms with Crippen molar-refractivity contribution in [2.75, 3.05) is 13.2 Å². The van der Waals surface area contributed by atoms with E-state index in [2.05, 4.69) is 41.5 Å². The van der Waals surface area contributed by atoms with E-state index < -0.39 is 109 Å². The summed E-state index contributed by atoms with van der Waals surface area (Å²) in [6.07, 6.45) is -9.64. The zero-order valence-corrected chi connectivity index (χ0v) is 35.8. The minimum Gasteiger partial charge on any atom is -0.460 e. The summed E-state index contributed by atoms with van der Waals surface area (Å²) < 4.78 is 36.8. The number of fused-ring (bicyclic) bond motifs is 5. The Morgan fingerprint density at radius 2 is 1.41 bits per heavy atom. The molecule has 4 saturated carbocycles. The molecule has 0 spiro atoms. The summed E-state index contributed by atoms with van der Waals surface area (Å²) in [4.78, 5) is 12.1. The molecule has 0 radical (unpaired) electrons. The first-order chi connectivity index (χ1) is 26.9. The Kier molecular flexibility index (Phi) is 11.9. The average Bonchev–Trinajstić information content (AvgIpc) is 3.52. The lowest BCUT2D eigenvalue weighted by Gasteiger charge is -2.71. The van der Waals surface area contributed by atoms with E-state index in [4.69, 9.17) is 28.4 Å². The van der Waals surface area contributed by atoms with E-state index in [0.717, 1.165) is 32.1 Å². The minimum atomic E-state index is -1.65. The molecule has 7 aliphatic rings. The summed E-state index contributed by atoms with van der Waals surface area (Å²) in [5.41, 5.74) is -2.65. The third-order valence-corrected chi connectivity index (χ3v) is 17.5. The molecule has 0 amide bonds. The molecule has 7 rings (SSSR count). The highest BCUT2D eigenvalue weighted by atomic mass is 16.8. The van der Waals surface area contributed by atoms with Crippen molar-refractivity contribution in [3.63, 3.8) is 0 Å². The fraction of sp³-hybridized carbons (Fsp3) is 0.977. The molecule has 3 aliphatic heterocycles. The van der Waals surface area contributed by atoms with Gasteiger partial charge in [0.2, 0.25) is 0 Å². The molecule has 3 heterocycles. The normalized spacial score (nSPS) is 55.2. The van der Waals surface area contributed by atoms with E-state index in [0.29, 0.717) is 19.3 Å². The van der Waals surface area contributed by atoms with Crippen molar-refractivity contribution in [3.05, 3.63) is 0 Å². The van der Waals surface area contributed by atoms with Gasteiger partial charge in [0.25, 0.3) is 0 Å². The highest BCUT2D eigenvalue weighted by Crippen LogP contribution is 2.76. The molecule has 0 aromatic carbocycles. The van der Waals surface area contributed by atoms with Gasteiger partial charge >= 0.3 is 5.97 Å². The second-order valence-corrected chi connectivity index (χ2v) is 21.3. The number of aliphatic hydroxyl groups excluding tert-OH is 8. The molecule has 15 heteroatoms. The van der Waals surface area contributed by atoms with E-state index in [1.807, 2.05) is 13.8 Å². The molecule has 58 heavy (non-hydrogen) atoms. The van der Waals surface area contributed by atoms with Crippen LogP contribution in [0.15, 0.2) is 0 Å². The minimum absolute atomic E-state index is 0.0167. The number of ether oxygens (including phenoxy) is 6. The van der Waals surface area contributed by atoms with Gasteiger partial charge in [-0.2, -0.15) is 0 Å². The van der Waals surface area contributed by atoms with Crippen LogP contribution in [0.5, 0.6) is 0 Å². The summed E-state index contributed by atoms with van der Waals surface area (Å²) >= 11 is 0. The molecule has 21 atom stereocenters. The molecule has 0 aromatic rings.